The van der Waals surface area contributed by atoms with Crippen LogP contribution in [-0.4, -0.2) is 36.6 Å². The van der Waals surface area contributed by atoms with E-state index in [0.29, 0.717) is 0 Å². The number of hydrogen-bond donors (Lipinski definition) is 0. The second-order valence-corrected chi connectivity index (χ2v) is 4.72. The molecule has 0 unspecified atom stereocenters. The van der Waals surface area contributed by atoms with Gasteiger partial charge in [-0.25, -0.2) is 0 Å². The molecule has 0 aromatic carbocycles. The van der Waals surface area contributed by atoms with E-state index in [1.165, 1.54) is 18.5 Å². The number of aromatic nitrogens is 1. The molecule has 15 heavy (non-hydrogen) atoms. The number of nitrogens with zero attached hydrogens (tertiary/aromatic N) is 2. The molecule has 2 aliphatic rings. The van der Waals surface area contributed by atoms with Crippen LogP contribution in [0.4, 0.5) is 0 Å². The largest absolute Gasteiger partial charge is 0.491 e. The smallest absolute Gasteiger partial charge is 0.141 e. The fourth-order valence-electron chi connectivity index (χ4n) is 2.62. The van der Waals surface area contributed by atoms with Gasteiger partial charge in [0.1, 0.15) is 5.75 Å². The topological polar surface area (TPSA) is 25.4 Å². The van der Waals surface area contributed by atoms with Gasteiger partial charge < -0.3 is 9.64 Å². The molecule has 1 saturated heterocycles. The first kappa shape index (κ1) is 9.16. The van der Waals surface area contributed by atoms with E-state index in [0.717, 1.165) is 25.4 Å². The predicted molar refractivity (Wildman–Crippen MR) is 58.1 cm³/mol. The van der Waals surface area contributed by atoms with Crippen molar-refractivity contribution in [1.29, 1.82) is 0 Å². The van der Waals surface area contributed by atoms with Crippen molar-refractivity contribution in [2.24, 2.45) is 0 Å². The summed E-state index contributed by atoms with van der Waals surface area (Å²) in [4.78, 5) is 6.90. The first-order valence-electron chi connectivity index (χ1n) is 5.57. The molecule has 0 atom stereocenters. The van der Waals surface area contributed by atoms with Crippen LogP contribution in [0.1, 0.15) is 18.5 Å². The van der Waals surface area contributed by atoms with Crippen LogP contribution in [0.2, 0.25) is 0 Å². The fourth-order valence-corrected chi connectivity index (χ4v) is 2.62. The highest BCUT2D eigenvalue weighted by Gasteiger charge is 2.43. The zero-order valence-corrected chi connectivity index (χ0v) is 9.07. The number of fused-ring (bicyclic) bond motifs is 2. The normalized spacial score (nSPS) is 23.8. The van der Waals surface area contributed by atoms with E-state index in [2.05, 4.69) is 16.9 Å². The number of piperidine rings is 1. The van der Waals surface area contributed by atoms with E-state index < -0.39 is 0 Å². The van der Waals surface area contributed by atoms with Crippen molar-refractivity contribution in [3.8, 4) is 5.75 Å². The monoisotopic (exact) mass is 204 g/mol. The molecular formula is C12H16N2O. The number of hydrogen-bond acceptors (Lipinski definition) is 3. The van der Waals surface area contributed by atoms with Crippen LogP contribution in [0.3, 0.4) is 0 Å². The molecule has 0 N–H and O–H groups in total. The maximum Gasteiger partial charge on any atom is 0.141 e. The Morgan fingerprint density at radius 3 is 3.00 bits per heavy atom. The molecule has 0 aliphatic carbocycles. The van der Waals surface area contributed by atoms with Crippen LogP contribution in [-0.2, 0) is 5.41 Å². The van der Waals surface area contributed by atoms with Crippen LogP contribution in [0.5, 0.6) is 5.75 Å². The predicted octanol–water partition coefficient (Wildman–Crippen LogP) is 1.44. The van der Waals surface area contributed by atoms with Gasteiger partial charge >= 0.3 is 0 Å². The second kappa shape index (κ2) is 3.20. The Hall–Kier alpha value is -1.09. The molecular weight excluding hydrogens is 188 g/mol. The number of likely N-dealkylation sites (tertiary alicyclic amines) is 1. The van der Waals surface area contributed by atoms with E-state index in [-0.39, 0.29) is 5.41 Å². The lowest BCUT2D eigenvalue weighted by Gasteiger charge is -2.35. The lowest BCUT2D eigenvalue weighted by atomic mass is 9.77. The summed E-state index contributed by atoms with van der Waals surface area (Å²) in [5.41, 5.74) is 1.40. The SMILES string of the molecule is CN1CCC2(CC1)COc1cccnc12. The molecule has 1 fully saturated rings. The molecule has 3 nitrogen and oxygen atoms in total. The molecule has 3 heterocycles. The Bertz CT molecular complexity index is 370. The van der Waals surface area contributed by atoms with Gasteiger partial charge in [0.25, 0.3) is 0 Å². The highest BCUT2D eigenvalue weighted by atomic mass is 16.5. The van der Waals surface area contributed by atoms with E-state index in [1.807, 2.05) is 18.3 Å². The molecule has 0 saturated carbocycles. The van der Waals surface area contributed by atoms with Crippen molar-refractivity contribution in [2.45, 2.75) is 18.3 Å². The van der Waals surface area contributed by atoms with Gasteiger partial charge in [-0.2, -0.15) is 0 Å². The highest BCUT2D eigenvalue weighted by Crippen LogP contribution is 2.43. The van der Waals surface area contributed by atoms with Crippen molar-refractivity contribution >= 4 is 0 Å². The minimum atomic E-state index is 0.211. The van der Waals surface area contributed by atoms with E-state index in [9.17, 15) is 0 Å². The maximum atomic E-state index is 5.75. The number of ether oxygens (including phenoxy) is 1. The third kappa shape index (κ3) is 1.34. The molecule has 0 amide bonds. The van der Waals surface area contributed by atoms with Gasteiger partial charge in [0.05, 0.1) is 17.7 Å². The molecule has 2 aliphatic heterocycles. The summed E-state index contributed by atoms with van der Waals surface area (Å²) in [6.45, 7) is 3.13. The van der Waals surface area contributed by atoms with Crippen LogP contribution in [0.15, 0.2) is 18.3 Å². The Morgan fingerprint density at radius 1 is 1.40 bits per heavy atom. The van der Waals surface area contributed by atoms with Crippen molar-refractivity contribution in [2.75, 3.05) is 26.7 Å². The summed E-state index contributed by atoms with van der Waals surface area (Å²) >= 11 is 0. The van der Waals surface area contributed by atoms with Gasteiger partial charge in [-0.1, -0.05) is 0 Å². The zero-order chi connectivity index (χ0) is 10.3. The van der Waals surface area contributed by atoms with Crippen molar-refractivity contribution < 1.29 is 4.74 Å². The quantitative estimate of drug-likeness (QED) is 0.639. The van der Waals surface area contributed by atoms with Gasteiger partial charge in [0.15, 0.2) is 0 Å². The Morgan fingerprint density at radius 2 is 2.20 bits per heavy atom. The molecule has 0 bridgehead atoms. The molecule has 0 radical (unpaired) electrons. The summed E-state index contributed by atoms with van der Waals surface area (Å²) in [7, 11) is 2.18. The van der Waals surface area contributed by atoms with Crippen LogP contribution < -0.4 is 4.74 Å². The van der Waals surface area contributed by atoms with Gasteiger partial charge in [0.2, 0.25) is 0 Å². The van der Waals surface area contributed by atoms with E-state index >= 15 is 0 Å². The van der Waals surface area contributed by atoms with Crippen molar-refractivity contribution in [3.05, 3.63) is 24.0 Å². The van der Waals surface area contributed by atoms with Crippen LogP contribution in [0, 0.1) is 0 Å². The van der Waals surface area contributed by atoms with Gasteiger partial charge in [-0.05, 0) is 45.1 Å². The molecule has 80 valence electrons. The molecule has 1 spiro atoms. The third-order valence-corrected chi connectivity index (χ3v) is 3.72. The first-order valence-corrected chi connectivity index (χ1v) is 5.57. The molecule has 1 aromatic heterocycles. The van der Waals surface area contributed by atoms with Crippen LogP contribution in [0.25, 0.3) is 0 Å². The summed E-state index contributed by atoms with van der Waals surface area (Å²) in [5, 5.41) is 0. The summed E-state index contributed by atoms with van der Waals surface area (Å²) in [5.74, 6) is 1.00. The third-order valence-electron chi connectivity index (χ3n) is 3.72. The maximum absolute atomic E-state index is 5.75. The Kier molecular flexibility index (Phi) is 1.96. The average Bonchev–Trinajstić information content (AvgIpc) is 2.63. The zero-order valence-electron chi connectivity index (χ0n) is 9.07. The van der Waals surface area contributed by atoms with Gasteiger partial charge in [0, 0.05) is 6.20 Å². The van der Waals surface area contributed by atoms with Gasteiger partial charge in [-0.3, -0.25) is 4.98 Å². The Labute approximate surface area is 90.1 Å². The lowest BCUT2D eigenvalue weighted by molar-refractivity contribution is 0.153. The summed E-state index contributed by atoms with van der Waals surface area (Å²) in [6, 6.07) is 3.99. The fraction of sp³-hybridized carbons (Fsp3) is 0.583. The second-order valence-electron chi connectivity index (χ2n) is 4.72. The average molecular weight is 204 g/mol. The molecule has 3 heteroatoms. The van der Waals surface area contributed by atoms with Gasteiger partial charge in [-0.15, -0.1) is 0 Å². The summed E-state index contributed by atoms with van der Waals surface area (Å²) < 4.78 is 5.75. The first-order chi connectivity index (χ1) is 7.30. The van der Waals surface area contributed by atoms with Crippen LogP contribution >= 0.6 is 0 Å². The van der Waals surface area contributed by atoms with E-state index in [4.69, 9.17) is 4.74 Å². The standard InChI is InChI=1S/C12H16N2O/c1-14-7-4-12(5-8-14)9-15-10-3-2-6-13-11(10)12/h2-3,6H,4-5,7-9H2,1H3. The summed E-state index contributed by atoms with van der Waals surface area (Å²) in [6.07, 6.45) is 4.23. The molecule has 3 rings (SSSR count). The number of rotatable bonds is 0. The minimum absolute atomic E-state index is 0.211. The highest BCUT2D eigenvalue weighted by molar-refractivity contribution is 5.38. The van der Waals surface area contributed by atoms with Crippen molar-refractivity contribution in [3.63, 3.8) is 0 Å². The Balaban J connectivity index is 1.95. The molecule has 1 aromatic rings. The number of pyridine rings is 1. The van der Waals surface area contributed by atoms with E-state index in [1.54, 1.807) is 0 Å². The minimum Gasteiger partial charge on any atom is -0.491 e. The lowest BCUT2D eigenvalue weighted by Crippen LogP contribution is -2.42. The van der Waals surface area contributed by atoms with Crippen molar-refractivity contribution in [1.82, 2.24) is 9.88 Å².